The van der Waals surface area contributed by atoms with Crippen molar-refractivity contribution in [3.05, 3.63) is 255 Å². The van der Waals surface area contributed by atoms with Crippen LogP contribution in [0.25, 0.3) is 117 Å². The van der Waals surface area contributed by atoms with Gasteiger partial charge in [-0.25, -0.2) is 15.0 Å². The summed E-state index contributed by atoms with van der Waals surface area (Å²) in [5.41, 5.74) is 17.3. The maximum absolute atomic E-state index is 5.33. The Morgan fingerprint density at radius 2 is 1.01 bits per heavy atom. The van der Waals surface area contributed by atoms with E-state index in [9.17, 15) is 0 Å². The maximum Gasteiger partial charge on any atom is 0.160 e. The fraction of sp³-hybridized carbons (Fsp3) is 0.0156. The van der Waals surface area contributed by atoms with E-state index in [-0.39, 0.29) is 0 Å². The summed E-state index contributed by atoms with van der Waals surface area (Å²) in [6, 6.07) is 77.4. The molecule has 12 rings (SSSR count). The van der Waals surface area contributed by atoms with Crippen molar-refractivity contribution >= 4 is 49.2 Å². The van der Waals surface area contributed by atoms with Crippen LogP contribution < -0.4 is 0 Å². The zero-order valence-electron chi connectivity index (χ0n) is 38.0. The van der Waals surface area contributed by atoms with Crippen LogP contribution in [0.1, 0.15) is 12.6 Å². The van der Waals surface area contributed by atoms with Gasteiger partial charge in [0.2, 0.25) is 0 Å². The van der Waals surface area contributed by atoms with E-state index >= 15 is 0 Å². The average Bonchev–Trinajstić information content (AvgIpc) is 3.94. The summed E-state index contributed by atoms with van der Waals surface area (Å²) >= 11 is 0. The van der Waals surface area contributed by atoms with Gasteiger partial charge in [0.05, 0.1) is 50.5 Å². The van der Waals surface area contributed by atoms with Gasteiger partial charge in [-0.3, -0.25) is 0 Å². The summed E-state index contributed by atoms with van der Waals surface area (Å²) in [6.45, 7) is 6.02. The molecular formula is C64H45N5. The van der Waals surface area contributed by atoms with Gasteiger partial charge in [0.1, 0.15) is 0 Å². The van der Waals surface area contributed by atoms with Gasteiger partial charge in [0.25, 0.3) is 0 Å². The van der Waals surface area contributed by atoms with E-state index in [0.717, 1.165) is 95.2 Å². The van der Waals surface area contributed by atoms with E-state index in [2.05, 4.69) is 217 Å². The average molecular weight is 884 g/mol. The van der Waals surface area contributed by atoms with E-state index in [0.29, 0.717) is 5.82 Å². The van der Waals surface area contributed by atoms with Crippen LogP contribution >= 0.6 is 0 Å². The van der Waals surface area contributed by atoms with Crippen molar-refractivity contribution in [2.75, 3.05) is 0 Å². The SMILES string of the molecule is C=C/C=C\C=C(/C)c1cc(-c2cc(-c3cc(-c4ccccc4)nc(-c4ccccc4)n3)ccc2-n2c3ccccc3c3ccc4c(c5ccccc5n4-c4ccccc4)c32)cc(-c2ccccc2)n1. The smallest absolute Gasteiger partial charge is 0.160 e. The third-order valence-corrected chi connectivity index (χ3v) is 13.0. The Bertz CT molecular complexity index is 3900. The molecule has 0 unspecified atom stereocenters. The monoisotopic (exact) mass is 883 g/mol. The highest BCUT2D eigenvalue weighted by molar-refractivity contribution is 6.26. The fourth-order valence-electron chi connectivity index (χ4n) is 9.81. The highest BCUT2D eigenvalue weighted by Gasteiger charge is 2.24. The molecule has 5 heteroatoms. The molecule has 12 aromatic rings. The number of benzene rings is 8. The first kappa shape index (κ1) is 41.3. The summed E-state index contributed by atoms with van der Waals surface area (Å²) in [4.78, 5) is 15.8. The quantitative estimate of drug-likeness (QED) is 0.129. The molecule has 0 N–H and O–H groups in total. The highest BCUT2D eigenvalue weighted by Crippen LogP contribution is 2.45. The molecule has 5 nitrogen and oxygen atoms in total. The molecule has 326 valence electrons. The molecule has 0 radical (unpaired) electrons. The number of pyridine rings is 1. The van der Waals surface area contributed by atoms with Crippen LogP contribution in [0.4, 0.5) is 0 Å². The minimum absolute atomic E-state index is 0.670. The van der Waals surface area contributed by atoms with Crippen LogP contribution in [0.3, 0.4) is 0 Å². The van der Waals surface area contributed by atoms with Gasteiger partial charge in [-0.1, -0.05) is 189 Å². The Morgan fingerprint density at radius 3 is 1.70 bits per heavy atom. The molecule has 0 spiro atoms. The van der Waals surface area contributed by atoms with Crippen molar-refractivity contribution < 1.29 is 0 Å². The van der Waals surface area contributed by atoms with E-state index in [1.807, 2.05) is 42.5 Å². The first-order valence-corrected chi connectivity index (χ1v) is 23.3. The lowest BCUT2D eigenvalue weighted by molar-refractivity contribution is 1.17. The second kappa shape index (κ2) is 17.6. The first-order valence-electron chi connectivity index (χ1n) is 23.3. The number of fused-ring (bicyclic) bond motifs is 7. The largest absolute Gasteiger partial charge is 0.309 e. The topological polar surface area (TPSA) is 48.5 Å². The van der Waals surface area contributed by atoms with Gasteiger partial charge < -0.3 is 9.13 Å². The summed E-state index contributed by atoms with van der Waals surface area (Å²) in [5.74, 6) is 0.670. The molecule has 0 saturated heterocycles. The predicted molar refractivity (Wildman–Crippen MR) is 289 cm³/mol. The first-order chi connectivity index (χ1) is 34.1. The summed E-state index contributed by atoms with van der Waals surface area (Å²) in [7, 11) is 0. The van der Waals surface area contributed by atoms with Crippen LogP contribution in [-0.2, 0) is 0 Å². The van der Waals surface area contributed by atoms with E-state index < -0.39 is 0 Å². The number of para-hydroxylation sites is 3. The standard InChI is InChI=1S/C64H45N5/c1-3-4-9-22-43(2)54-40-48(41-55(65-54)44-23-10-5-11-24-44)53-39-47(57-42-56(45-25-12-6-13-26-45)66-64(67-57)46-27-14-7-15-28-46)35-37-60(53)69-58-33-20-18-31-50(58)51-36-38-61-62(63(51)69)52-32-19-21-34-59(52)68(61)49-29-16-8-17-30-49/h3-42H,1H2,2H3/b9-4-,43-22+. The molecule has 0 atom stereocenters. The van der Waals surface area contributed by atoms with Gasteiger partial charge in [0, 0.05) is 55.0 Å². The zero-order chi connectivity index (χ0) is 46.3. The van der Waals surface area contributed by atoms with Crippen LogP contribution in [-0.4, -0.2) is 24.1 Å². The lowest BCUT2D eigenvalue weighted by Gasteiger charge is -2.18. The molecule has 0 bridgehead atoms. The van der Waals surface area contributed by atoms with Crippen LogP contribution in [0.5, 0.6) is 0 Å². The number of nitrogens with zero attached hydrogens (tertiary/aromatic N) is 5. The van der Waals surface area contributed by atoms with Crippen molar-refractivity contribution in [1.82, 2.24) is 24.1 Å². The molecule has 0 saturated carbocycles. The summed E-state index contributed by atoms with van der Waals surface area (Å²) in [5, 5.41) is 4.76. The third-order valence-electron chi connectivity index (χ3n) is 13.0. The van der Waals surface area contributed by atoms with E-state index in [1.54, 1.807) is 6.08 Å². The molecule has 0 aliphatic rings. The predicted octanol–water partition coefficient (Wildman–Crippen LogP) is 16.5. The maximum atomic E-state index is 5.33. The fourth-order valence-corrected chi connectivity index (χ4v) is 9.81. The Morgan fingerprint density at radius 1 is 0.435 bits per heavy atom. The van der Waals surface area contributed by atoms with Gasteiger partial charge in [-0.05, 0) is 78.7 Å². The number of allylic oxidation sites excluding steroid dienone is 5. The lowest BCUT2D eigenvalue weighted by atomic mass is 9.95. The second-order valence-corrected chi connectivity index (χ2v) is 17.3. The highest BCUT2D eigenvalue weighted by atomic mass is 15.0. The summed E-state index contributed by atoms with van der Waals surface area (Å²) in [6.07, 6.45) is 7.85. The number of hydrogen-bond acceptors (Lipinski definition) is 3. The molecule has 4 aromatic heterocycles. The molecule has 4 heterocycles. The Hall–Kier alpha value is -9.19. The van der Waals surface area contributed by atoms with E-state index in [4.69, 9.17) is 15.0 Å². The zero-order valence-corrected chi connectivity index (χ0v) is 38.0. The van der Waals surface area contributed by atoms with Crippen molar-refractivity contribution in [1.29, 1.82) is 0 Å². The van der Waals surface area contributed by atoms with Crippen molar-refractivity contribution in [3.63, 3.8) is 0 Å². The molecule has 8 aromatic carbocycles. The minimum Gasteiger partial charge on any atom is -0.309 e. The Balaban J connectivity index is 1.20. The molecule has 0 aliphatic heterocycles. The van der Waals surface area contributed by atoms with Gasteiger partial charge in [-0.2, -0.15) is 0 Å². The van der Waals surface area contributed by atoms with Gasteiger partial charge in [-0.15, -0.1) is 0 Å². The minimum atomic E-state index is 0.670. The normalized spacial score (nSPS) is 11.9. The molecule has 0 fully saturated rings. The van der Waals surface area contributed by atoms with Gasteiger partial charge >= 0.3 is 0 Å². The van der Waals surface area contributed by atoms with E-state index in [1.165, 1.54) is 21.5 Å². The molecule has 0 aliphatic carbocycles. The lowest BCUT2D eigenvalue weighted by Crippen LogP contribution is -2.01. The number of aromatic nitrogens is 5. The second-order valence-electron chi connectivity index (χ2n) is 17.3. The van der Waals surface area contributed by atoms with Crippen LogP contribution in [0.2, 0.25) is 0 Å². The summed E-state index contributed by atoms with van der Waals surface area (Å²) < 4.78 is 4.90. The van der Waals surface area contributed by atoms with Crippen LogP contribution in [0, 0.1) is 0 Å². The van der Waals surface area contributed by atoms with Crippen LogP contribution in [0.15, 0.2) is 249 Å². The van der Waals surface area contributed by atoms with Crippen molar-refractivity contribution in [2.24, 2.45) is 0 Å². The Labute approximate surface area is 401 Å². The van der Waals surface area contributed by atoms with Gasteiger partial charge in [0.15, 0.2) is 5.82 Å². The van der Waals surface area contributed by atoms with Crippen molar-refractivity contribution in [3.8, 4) is 67.7 Å². The molecule has 0 amide bonds. The Kier molecular flexibility index (Phi) is 10.5. The third kappa shape index (κ3) is 7.43. The number of hydrogen-bond donors (Lipinski definition) is 0. The number of rotatable bonds is 10. The molecular weight excluding hydrogens is 839 g/mol. The molecule has 69 heavy (non-hydrogen) atoms. The van der Waals surface area contributed by atoms with Crippen molar-refractivity contribution in [2.45, 2.75) is 6.92 Å².